The summed E-state index contributed by atoms with van der Waals surface area (Å²) in [4.78, 5) is 7.67. The van der Waals surface area contributed by atoms with Gasteiger partial charge in [-0.25, -0.2) is 4.98 Å². The molecule has 1 fully saturated rings. The molecule has 2 heterocycles. The molecule has 1 atom stereocenters. The van der Waals surface area contributed by atoms with Gasteiger partial charge in [0.1, 0.15) is 0 Å². The third kappa shape index (κ3) is 1.62. The Bertz CT molecular complexity index is 597. The van der Waals surface area contributed by atoms with E-state index in [9.17, 15) is 0 Å². The lowest BCUT2D eigenvalue weighted by Crippen LogP contribution is -2.07. The number of hydrogen-bond donors (Lipinski definition) is 1. The smallest absolute Gasteiger partial charge is 0.179 e. The van der Waals surface area contributed by atoms with Crippen molar-refractivity contribution < 1.29 is 0 Å². The van der Waals surface area contributed by atoms with Crippen LogP contribution in [0.2, 0.25) is 0 Å². The van der Waals surface area contributed by atoms with Gasteiger partial charge >= 0.3 is 0 Å². The summed E-state index contributed by atoms with van der Waals surface area (Å²) < 4.78 is 3.90. The molecule has 1 N–H and O–H groups in total. The lowest BCUT2D eigenvalue weighted by Gasteiger charge is -2.12. The van der Waals surface area contributed by atoms with Crippen molar-refractivity contribution in [2.24, 2.45) is 5.92 Å². The van der Waals surface area contributed by atoms with Gasteiger partial charge in [-0.2, -0.15) is 0 Å². The first-order valence-electron chi connectivity index (χ1n) is 5.42. The molecule has 3 nitrogen and oxygen atoms in total. The number of fused-ring (bicyclic) bond motifs is 1. The van der Waals surface area contributed by atoms with Crippen molar-refractivity contribution in [2.75, 3.05) is 0 Å². The number of hydrogen-bond acceptors (Lipinski definition) is 2. The van der Waals surface area contributed by atoms with Crippen molar-refractivity contribution in [3.63, 3.8) is 0 Å². The lowest BCUT2D eigenvalue weighted by atomic mass is 10.2. The number of halogens is 1. The van der Waals surface area contributed by atoms with Crippen molar-refractivity contribution in [1.29, 1.82) is 0 Å². The summed E-state index contributed by atoms with van der Waals surface area (Å²) in [6.45, 7) is 2.23. The Morgan fingerprint density at radius 1 is 1.62 bits per heavy atom. The van der Waals surface area contributed by atoms with Crippen molar-refractivity contribution >= 4 is 39.3 Å². The van der Waals surface area contributed by atoms with E-state index in [4.69, 9.17) is 12.2 Å². The van der Waals surface area contributed by atoms with E-state index in [1.807, 2.05) is 12.3 Å². The fourth-order valence-corrected chi connectivity index (χ4v) is 2.85. The van der Waals surface area contributed by atoms with E-state index < -0.39 is 0 Å². The zero-order chi connectivity index (χ0) is 11.3. The van der Waals surface area contributed by atoms with Gasteiger partial charge in [0.2, 0.25) is 0 Å². The fourth-order valence-electron chi connectivity index (χ4n) is 2.15. The predicted octanol–water partition coefficient (Wildman–Crippen LogP) is 3.83. The molecule has 1 unspecified atom stereocenters. The minimum Gasteiger partial charge on any atom is -0.329 e. The molecule has 84 valence electrons. The second-order valence-electron chi connectivity index (χ2n) is 4.40. The molecular formula is C11H12BrN3S. The SMILES string of the molecule is CC(C1CC1)n1c(=S)[nH]c2cc(Br)cnc21. The Morgan fingerprint density at radius 3 is 3.06 bits per heavy atom. The molecule has 2 aromatic rings. The monoisotopic (exact) mass is 297 g/mol. The predicted molar refractivity (Wildman–Crippen MR) is 70.1 cm³/mol. The summed E-state index contributed by atoms with van der Waals surface area (Å²) in [5.41, 5.74) is 1.97. The molecule has 0 spiro atoms. The first-order valence-corrected chi connectivity index (χ1v) is 6.62. The quantitative estimate of drug-likeness (QED) is 0.855. The molecular weight excluding hydrogens is 286 g/mol. The summed E-state index contributed by atoms with van der Waals surface area (Å²) in [7, 11) is 0. The molecule has 0 bridgehead atoms. The van der Waals surface area contributed by atoms with Crippen LogP contribution >= 0.6 is 28.1 Å². The topological polar surface area (TPSA) is 33.6 Å². The van der Waals surface area contributed by atoms with E-state index in [1.165, 1.54) is 12.8 Å². The van der Waals surface area contributed by atoms with E-state index >= 15 is 0 Å². The molecule has 3 rings (SSSR count). The van der Waals surface area contributed by atoms with Crippen LogP contribution in [0.5, 0.6) is 0 Å². The van der Waals surface area contributed by atoms with Crippen molar-refractivity contribution in [1.82, 2.24) is 14.5 Å². The summed E-state index contributed by atoms with van der Waals surface area (Å²) in [6, 6.07) is 2.48. The largest absolute Gasteiger partial charge is 0.329 e. The van der Waals surface area contributed by atoms with E-state index in [-0.39, 0.29) is 0 Å². The van der Waals surface area contributed by atoms with E-state index in [1.54, 1.807) is 0 Å². The van der Waals surface area contributed by atoms with E-state index in [0.29, 0.717) is 6.04 Å². The standard InChI is InChI=1S/C11H12BrN3S/c1-6(7-2-3-7)15-10-9(14-11(15)16)4-8(12)5-13-10/h4-7H,2-3H2,1H3,(H,14,16). The molecule has 1 aliphatic carbocycles. The van der Waals surface area contributed by atoms with Crippen LogP contribution in [0.4, 0.5) is 0 Å². The summed E-state index contributed by atoms with van der Waals surface area (Å²) in [5.74, 6) is 0.774. The second-order valence-corrected chi connectivity index (χ2v) is 5.71. The normalized spacial score (nSPS) is 17.9. The van der Waals surface area contributed by atoms with Crippen molar-refractivity contribution in [3.05, 3.63) is 21.5 Å². The van der Waals surface area contributed by atoms with E-state index in [0.717, 1.165) is 26.3 Å². The highest BCUT2D eigenvalue weighted by molar-refractivity contribution is 9.10. The number of imidazole rings is 1. The number of H-pyrrole nitrogens is 1. The Kier molecular flexibility index (Phi) is 2.40. The number of pyridine rings is 1. The van der Waals surface area contributed by atoms with Crippen LogP contribution in [0, 0.1) is 10.7 Å². The van der Waals surface area contributed by atoms with Crippen LogP contribution in [0.15, 0.2) is 16.7 Å². The van der Waals surface area contributed by atoms with Crippen molar-refractivity contribution in [2.45, 2.75) is 25.8 Å². The van der Waals surface area contributed by atoms with E-state index in [2.05, 4.69) is 37.4 Å². The highest BCUT2D eigenvalue weighted by atomic mass is 79.9. The van der Waals surface area contributed by atoms with Gasteiger partial charge in [0.05, 0.1) is 5.52 Å². The zero-order valence-corrected chi connectivity index (χ0v) is 11.3. The summed E-state index contributed by atoms with van der Waals surface area (Å²) >= 11 is 8.79. The molecule has 0 radical (unpaired) electrons. The Labute approximate surface area is 107 Å². The van der Waals surface area contributed by atoms with Crippen LogP contribution in [-0.2, 0) is 0 Å². The first-order chi connectivity index (χ1) is 7.66. The van der Waals surface area contributed by atoms with Crippen molar-refractivity contribution in [3.8, 4) is 0 Å². The molecule has 0 amide bonds. The zero-order valence-electron chi connectivity index (χ0n) is 8.90. The first kappa shape index (κ1) is 10.5. The minimum absolute atomic E-state index is 0.454. The number of rotatable bonds is 2. The fraction of sp³-hybridized carbons (Fsp3) is 0.455. The van der Waals surface area contributed by atoms with Crippen LogP contribution in [0.1, 0.15) is 25.8 Å². The Balaban J connectivity index is 2.22. The maximum absolute atomic E-state index is 5.37. The number of nitrogens with zero attached hydrogens (tertiary/aromatic N) is 2. The highest BCUT2D eigenvalue weighted by Crippen LogP contribution is 2.40. The maximum atomic E-state index is 5.37. The maximum Gasteiger partial charge on any atom is 0.179 e. The lowest BCUT2D eigenvalue weighted by molar-refractivity contribution is 0.490. The molecule has 1 aliphatic rings. The molecule has 0 aliphatic heterocycles. The third-order valence-corrected chi connectivity index (χ3v) is 3.97. The number of nitrogens with one attached hydrogen (secondary N) is 1. The van der Waals surface area contributed by atoms with Crippen LogP contribution in [0.3, 0.4) is 0 Å². The van der Waals surface area contributed by atoms with Crippen LogP contribution < -0.4 is 0 Å². The van der Waals surface area contributed by atoms with Gasteiger partial charge in [0, 0.05) is 16.7 Å². The molecule has 16 heavy (non-hydrogen) atoms. The molecule has 0 saturated heterocycles. The van der Waals surface area contributed by atoms with Gasteiger partial charge in [0.25, 0.3) is 0 Å². The summed E-state index contributed by atoms with van der Waals surface area (Å²) in [6.07, 6.45) is 4.44. The molecule has 1 saturated carbocycles. The Hall–Kier alpha value is -0.680. The average molecular weight is 298 g/mol. The third-order valence-electron chi connectivity index (χ3n) is 3.23. The van der Waals surface area contributed by atoms with Gasteiger partial charge in [-0.05, 0) is 59.9 Å². The molecule has 0 aromatic carbocycles. The number of aromatic amines is 1. The van der Waals surface area contributed by atoms with Gasteiger partial charge in [0.15, 0.2) is 10.4 Å². The van der Waals surface area contributed by atoms with Crippen LogP contribution in [0.25, 0.3) is 11.2 Å². The number of aromatic nitrogens is 3. The van der Waals surface area contributed by atoms with Crippen LogP contribution in [-0.4, -0.2) is 14.5 Å². The van der Waals surface area contributed by atoms with Gasteiger partial charge in [-0.15, -0.1) is 0 Å². The highest BCUT2D eigenvalue weighted by Gasteiger charge is 2.30. The minimum atomic E-state index is 0.454. The second kappa shape index (κ2) is 3.67. The Morgan fingerprint density at radius 2 is 2.38 bits per heavy atom. The summed E-state index contributed by atoms with van der Waals surface area (Å²) in [5, 5.41) is 0. The van der Waals surface area contributed by atoms with Gasteiger partial charge in [-0.3, -0.25) is 4.57 Å². The van der Waals surface area contributed by atoms with Gasteiger partial charge < -0.3 is 4.98 Å². The molecule has 2 aromatic heterocycles. The van der Waals surface area contributed by atoms with Gasteiger partial charge in [-0.1, -0.05) is 0 Å². The molecule has 5 heteroatoms. The average Bonchev–Trinajstić information content (AvgIpc) is 3.01.